The maximum atomic E-state index is 13.0. The Morgan fingerprint density at radius 3 is 2.80 bits per heavy atom. The zero-order valence-electron chi connectivity index (χ0n) is 9.05. The highest BCUT2D eigenvalue weighted by atomic mass is 19.1. The van der Waals surface area contributed by atoms with Gasteiger partial charge in [-0.25, -0.2) is 4.39 Å². The molecule has 0 saturated carbocycles. The predicted octanol–water partition coefficient (Wildman–Crippen LogP) is 2.24. The van der Waals surface area contributed by atoms with Gasteiger partial charge in [-0.1, -0.05) is 19.9 Å². The van der Waals surface area contributed by atoms with Crippen LogP contribution in [0.1, 0.15) is 25.0 Å². The Labute approximate surface area is 89.7 Å². The van der Waals surface area contributed by atoms with Crippen molar-refractivity contribution < 1.29 is 4.39 Å². The summed E-state index contributed by atoms with van der Waals surface area (Å²) in [6.45, 7) is 4.99. The Morgan fingerprint density at radius 1 is 1.47 bits per heavy atom. The van der Waals surface area contributed by atoms with Crippen LogP contribution in [0.2, 0.25) is 0 Å². The van der Waals surface area contributed by atoms with E-state index in [0.29, 0.717) is 6.04 Å². The molecule has 0 spiro atoms. The van der Waals surface area contributed by atoms with Gasteiger partial charge in [0.2, 0.25) is 0 Å². The zero-order valence-corrected chi connectivity index (χ0v) is 9.05. The van der Waals surface area contributed by atoms with Crippen LogP contribution in [-0.4, -0.2) is 12.6 Å². The molecule has 0 aliphatic heterocycles. The van der Waals surface area contributed by atoms with Gasteiger partial charge >= 0.3 is 0 Å². The number of rotatable bonds is 4. The van der Waals surface area contributed by atoms with E-state index < -0.39 is 5.82 Å². The lowest BCUT2D eigenvalue weighted by Crippen LogP contribution is -2.24. The molecule has 15 heavy (non-hydrogen) atoms. The first-order valence-corrected chi connectivity index (χ1v) is 5.05. The van der Waals surface area contributed by atoms with Crippen molar-refractivity contribution in [3.05, 3.63) is 35.1 Å². The lowest BCUT2D eigenvalue weighted by Gasteiger charge is -2.07. The third-order valence-corrected chi connectivity index (χ3v) is 2.12. The molecule has 0 saturated heterocycles. The molecule has 0 heterocycles. The second kappa shape index (κ2) is 5.47. The number of nitrogens with zero attached hydrogens (tertiary/aromatic N) is 1. The number of nitrogens with one attached hydrogen (secondary N) is 1. The number of halogens is 1. The Kier molecular flexibility index (Phi) is 4.26. The second-order valence-electron chi connectivity index (χ2n) is 3.78. The minimum Gasteiger partial charge on any atom is -0.314 e. The first kappa shape index (κ1) is 11.7. The van der Waals surface area contributed by atoms with E-state index in [1.54, 1.807) is 12.1 Å². The highest BCUT2D eigenvalue weighted by Gasteiger charge is 2.02. The molecule has 1 aromatic carbocycles. The zero-order chi connectivity index (χ0) is 11.3. The van der Waals surface area contributed by atoms with Crippen molar-refractivity contribution in [3.63, 3.8) is 0 Å². The SMILES string of the molecule is CC(C)NCCc1ccc(F)c(C#N)c1. The third kappa shape index (κ3) is 3.69. The number of hydrogen-bond donors (Lipinski definition) is 1. The van der Waals surface area contributed by atoms with Crippen LogP contribution in [-0.2, 0) is 6.42 Å². The molecule has 1 rings (SSSR count). The number of nitriles is 1. The topological polar surface area (TPSA) is 35.8 Å². The minimum absolute atomic E-state index is 0.122. The van der Waals surface area contributed by atoms with Crippen molar-refractivity contribution in [3.8, 4) is 6.07 Å². The van der Waals surface area contributed by atoms with E-state index in [-0.39, 0.29) is 5.56 Å². The summed E-state index contributed by atoms with van der Waals surface area (Å²) in [5, 5.41) is 11.9. The molecule has 2 nitrogen and oxygen atoms in total. The molecule has 0 bridgehead atoms. The summed E-state index contributed by atoms with van der Waals surface area (Å²) in [4.78, 5) is 0. The van der Waals surface area contributed by atoms with Gasteiger partial charge in [-0.2, -0.15) is 5.26 Å². The van der Waals surface area contributed by atoms with Crippen LogP contribution in [0.15, 0.2) is 18.2 Å². The van der Waals surface area contributed by atoms with E-state index in [1.807, 2.05) is 6.07 Å². The van der Waals surface area contributed by atoms with Gasteiger partial charge < -0.3 is 5.32 Å². The van der Waals surface area contributed by atoms with Gasteiger partial charge in [0.1, 0.15) is 11.9 Å². The molecule has 0 atom stereocenters. The molecule has 0 fully saturated rings. The number of benzene rings is 1. The lowest BCUT2D eigenvalue weighted by atomic mass is 10.1. The maximum Gasteiger partial charge on any atom is 0.140 e. The Morgan fingerprint density at radius 2 is 2.20 bits per heavy atom. The Balaban J connectivity index is 2.60. The van der Waals surface area contributed by atoms with Crippen molar-refractivity contribution in [2.75, 3.05) is 6.54 Å². The molecule has 0 amide bonds. The molecule has 0 radical (unpaired) electrons. The predicted molar refractivity (Wildman–Crippen MR) is 58.0 cm³/mol. The van der Waals surface area contributed by atoms with Crippen LogP contribution in [0.25, 0.3) is 0 Å². The van der Waals surface area contributed by atoms with E-state index in [9.17, 15) is 4.39 Å². The van der Waals surface area contributed by atoms with Crippen LogP contribution in [0.3, 0.4) is 0 Å². The van der Waals surface area contributed by atoms with Gasteiger partial charge in [-0.3, -0.25) is 0 Å². The van der Waals surface area contributed by atoms with Crippen molar-refractivity contribution in [1.29, 1.82) is 5.26 Å². The smallest absolute Gasteiger partial charge is 0.140 e. The van der Waals surface area contributed by atoms with E-state index >= 15 is 0 Å². The molecule has 0 aliphatic rings. The van der Waals surface area contributed by atoms with Gasteiger partial charge in [0, 0.05) is 6.04 Å². The molecule has 1 N–H and O–H groups in total. The second-order valence-corrected chi connectivity index (χ2v) is 3.78. The number of hydrogen-bond acceptors (Lipinski definition) is 2. The summed E-state index contributed by atoms with van der Waals surface area (Å²) < 4.78 is 13.0. The van der Waals surface area contributed by atoms with Gasteiger partial charge in [-0.05, 0) is 30.7 Å². The average molecular weight is 206 g/mol. The molecule has 0 aliphatic carbocycles. The van der Waals surface area contributed by atoms with E-state index in [4.69, 9.17) is 5.26 Å². The van der Waals surface area contributed by atoms with Crippen LogP contribution in [0.4, 0.5) is 4.39 Å². The van der Waals surface area contributed by atoms with Gasteiger partial charge in [0.25, 0.3) is 0 Å². The largest absolute Gasteiger partial charge is 0.314 e. The fraction of sp³-hybridized carbons (Fsp3) is 0.417. The summed E-state index contributed by atoms with van der Waals surface area (Å²) in [6, 6.07) is 6.96. The van der Waals surface area contributed by atoms with Crippen molar-refractivity contribution >= 4 is 0 Å². The van der Waals surface area contributed by atoms with Crippen LogP contribution in [0.5, 0.6) is 0 Å². The Hall–Kier alpha value is -1.40. The van der Waals surface area contributed by atoms with Gasteiger partial charge in [0.05, 0.1) is 5.56 Å². The van der Waals surface area contributed by atoms with Gasteiger partial charge in [-0.15, -0.1) is 0 Å². The summed E-state index contributed by atoms with van der Waals surface area (Å²) in [5.74, 6) is -0.446. The normalized spacial score (nSPS) is 10.3. The highest BCUT2D eigenvalue weighted by molar-refractivity contribution is 5.34. The van der Waals surface area contributed by atoms with Crippen LogP contribution in [0, 0.1) is 17.1 Å². The van der Waals surface area contributed by atoms with Crippen molar-refractivity contribution in [2.24, 2.45) is 0 Å². The monoisotopic (exact) mass is 206 g/mol. The van der Waals surface area contributed by atoms with E-state index in [2.05, 4.69) is 19.2 Å². The van der Waals surface area contributed by atoms with Crippen LogP contribution < -0.4 is 5.32 Å². The van der Waals surface area contributed by atoms with Crippen molar-refractivity contribution in [2.45, 2.75) is 26.3 Å². The van der Waals surface area contributed by atoms with Gasteiger partial charge in [0.15, 0.2) is 0 Å². The van der Waals surface area contributed by atoms with Crippen LogP contribution >= 0.6 is 0 Å². The Bertz CT molecular complexity index is 366. The molecule has 0 aromatic heterocycles. The lowest BCUT2D eigenvalue weighted by molar-refractivity contribution is 0.588. The minimum atomic E-state index is -0.446. The molecular weight excluding hydrogens is 191 g/mol. The highest BCUT2D eigenvalue weighted by Crippen LogP contribution is 2.09. The quantitative estimate of drug-likeness (QED) is 0.820. The third-order valence-electron chi connectivity index (χ3n) is 2.12. The fourth-order valence-corrected chi connectivity index (χ4v) is 1.32. The first-order valence-electron chi connectivity index (χ1n) is 5.05. The molecule has 0 unspecified atom stereocenters. The molecule has 3 heteroatoms. The van der Waals surface area contributed by atoms with E-state index in [0.717, 1.165) is 18.5 Å². The summed E-state index contributed by atoms with van der Waals surface area (Å²) in [5.41, 5.74) is 1.11. The molecule has 1 aromatic rings. The first-order chi connectivity index (χ1) is 7.13. The molecule has 80 valence electrons. The van der Waals surface area contributed by atoms with Crippen molar-refractivity contribution in [1.82, 2.24) is 5.32 Å². The standard InChI is InChI=1S/C12H15FN2/c1-9(2)15-6-5-10-3-4-12(13)11(7-10)8-14/h3-4,7,9,15H,5-6H2,1-2H3. The van der Waals surface area contributed by atoms with E-state index in [1.165, 1.54) is 6.07 Å². The summed E-state index contributed by atoms with van der Waals surface area (Å²) >= 11 is 0. The maximum absolute atomic E-state index is 13.0. The fourth-order valence-electron chi connectivity index (χ4n) is 1.32. The summed E-state index contributed by atoms with van der Waals surface area (Å²) in [6.07, 6.45) is 0.813. The molecular formula is C12H15FN2. The summed E-state index contributed by atoms with van der Waals surface area (Å²) in [7, 11) is 0. The average Bonchev–Trinajstić information content (AvgIpc) is 2.20.